The average Bonchev–Trinajstić information content (AvgIpc) is 2.70. The molecule has 1 aromatic heterocycles. The molecule has 3 rings (SSSR count). The number of fused-ring (bicyclic) bond motifs is 1. The van der Waals surface area contributed by atoms with E-state index in [1.807, 2.05) is 37.3 Å². The largest absolute Gasteiger partial charge is 0.337 e. The maximum Gasteiger partial charge on any atom is 0.269 e. The topological polar surface area (TPSA) is 79.0 Å². The molecule has 0 N–H and O–H groups in total. The zero-order valence-corrected chi connectivity index (χ0v) is 15.1. The summed E-state index contributed by atoms with van der Waals surface area (Å²) in [5.74, 6) is -0.125. The Balaban J connectivity index is 1.84. The lowest BCUT2D eigenvalue weighted by Crippen LogP contribution is -2.36. The van der Waals surface area contributed by atoms with Crippen LogP contribution in [-0.4, -0.2) is 26.9 Å². The van der Waals surface area contributed by atoms with Gasteiger partial charge in [0.1, 0.15) is 6.54 Å². The van der Waals surface area contributed by atoms with Crippen molar-refractivity contribution in [1.82, 2.24) is 14.5 Å². The molecule has 0 atom stereocenters. The van der Waals surface area contributed by atoms with Crippen LogP contribution in [0.25, 0.3) is 11.0 Å². The van der Waals surface area contributed by atoms with Gasteiger partial charge in [-0.05, 0) is 36.2 Å². The van der Waals surface area contributed by atoms with Gasteiger partial charge in [-0.2, -0.15) is 5.26 Å². The standard InChI is InChI=1S/C21H20N4O2/c1-2-11-24(14-17-9-7-16(12-22)8-10-17)21(27)15-25-19-6-4-3-5-18(19)23-13-20(25)26/h3-10,13H,2,11,14-15H2,1H3. The third-order valence-electron chi connectivity index (χ3n) is 4.35. The van der Waals surface area contributed by atoms with Gasteiger partial charge in [0.15, 0.2) is 0 Å². The van der Waals surface area contributed by atoms with Crippen molar-refractivity contribution in [3.05, 3.63) is 76.2 Å². The van der Waals surface area contributed by atoms with Crippen LogP contribution in [0.15, 0.2) is 59.5 Å². The number of rotatable bonds is 6. The molecule has 0 saturated carbocycles. The fourth-order valence-electron chi connectivity index (χ4n) is 2.98. The summed E-state index contributed by atoms with van der Waals surface area (Å²) in [7, 11) is 0. The first-order chi connectivity index (χ1) is 13.1. The molecule has 0 bridgehead atoms. The molecule has 1 heterocycles. The lowest BCUT2D eigenvalue weighted by Gasteiger charge is -2.23. The highest BCUT2D eigenvalue weighted by Crippen LogP contribution is 2.11. The molecule has 0 spiro atoms. The zero-order valence-electron chi connectivity index (χ0n) is 15.1. The van der Waals surface area contributed by atoms with Gasteiger partial charge < -0.3 is 4.90 Å². The van der Waals surface area contributed by atoms with Crippen LogP contribution in [0.5, 0.6) is 0 Å². The van der Waals surface area contributed by atoms with Crippen molar-refractivity contribution in [2.45, 2.75) is 26.4 Å². The van der Waals surface area contributed by atoms with Crippen LogP contribution >= 0.6 is 0 Å². The normalized spacial score (nSPS) is 10.5. The lowest BCUT2D eigenvalue weighted by atomic mass is 10.1. The summed E-state index contributed by atoms with van der Waals surface area (Å²) >= 11 is 0. The van der Waals surface area contributed by atoms with Gasteiger partial charge in [0, 0.05) is 13.1 Å². The van der Waals surface area contributed by atoms with Crippen LogP contribution in [0.2, 0.25) is 0 Å². The fraction of sp³-hybridized carbons (Fsp3) is 0.238. The van der Waals surface area contributed by atoms with Gasteiger partial charge in [0.05, 0.1) is 28.9 Å². The van der Waals surface area contributed by atoms with Crippen LogP contribution in [0.3, 0.4) is 0 Å². The number of hydrogen-bond acceptors (Lipinski definition) is 4. The van der Waals surface area contributed by atoms with Crippen molar-refractivity contribution in [3.8, 4) is 6.07 Å². The Morgan fingerprint density at radius 1 is 1.19 bits per heavy atom. The molecule has 0 aliphatic rings. The molecule has 2 aromatic carbocycles. The summed E-state index contributed by atoms with van der Waals surface area (Å²) in [6.07, 6.45) is 2.06. The Hall–Kier alpha value is -3.46. The van der Waals surface area contributed by atoms with Gasteiger partial charge >= 0.3 is 0 Å². The molecule has 0 aliphatic heterocycles. The first-order valence-electron chi connectivity index (χ1n) is 8.83. The van der Waals surface area contributed by atoms with Crippen LogP contribution in [0.1, 0.15) is 24.5 Å². The van der Waals surface area contributed by atoms with Crippen molar-refractivity contribution < 1.29 is 4.79 Å². The second kappa shape index (κ2) is 8.28. The van der Waals surface area contributed by atoms with Gasteiger partial charge in [-0.25, -0.2) is 4.98 Å². The smallest absolute Gasteiger partial charge is 0.269 e. The Kier molecular flexibility index (Phi) is 5.62. The molecule has 0 saturated heterocycles. The summed E-state index contributed by atoms with van der Waals surface area (Å²) < 4.78 is 1.46. The summed E-state index contributed by atoms with van der Waals surface area (Å²) in [6.45, 7) is 3.01. The number of nitriles is 1. The van der Waals surface area contributed by atoms with E-state index in [9.17, 15) is 9.59 Å². The van der Waals surface area contributed by atoms with E-state index in [4.69, 9.17) is 5.26 Å². The maximum atomic E-state index is 12.9. The van der Waals surface area contributed by atoms with E-state index in [1.54, 1.807) is 23.1 Å². The molecule has 3 aromatic rings. The van der Waals surface area contributed by atoms with E-state index in [-0.39, 0.29) is 18.0 Å². The molecular formula is C21H20N4O2. The molecule has 6 heteroatoms. The summed E-state index contributed by atoms with van der Waals surface area (Å²) in [6, 6.07) is 16.5. The molecule has 136 valence electrons. The number of benzene rings is 2. The molecule has 1 amide bonds. The van der Waals surface area contributed by atoms with Gasteiger partial charge in [-0.3, -0.25) is 14.2 Å². The summed E-state index contributed by atoms with van der Waals surface area (Å²) in [4.78, 5) is 31.1. The molecule has 0 radical (unpaired) electrons. The summed E-state index contributed by atoms with van der Waals surface area (Å²) in [5, 5.41) is 8.91. The van der Waals surface area contributed by atoms with Crippen molar-refractivity contribution in [2.24, 2.45) is 0 Å². The predicted molar refractivity (Wildman–Crippen MR) is 103 cm³/mol. The van der Waals surface area contributed by atoms with E-state index in [0.29, 0.717) is 29.7 Å². The van der Waals surface area contributed by atoms with E-state index in [2.05, 4.69) is 11.1 Å². The third-order valence-corrected chi connectivity index (χ3v) is 4.35. The van der Waals surface area contributed by atoms with Gasteiger partial charge in [0.25, 0.3) is 5.56 Å². The first-order valence-corrected chi connectivity index (χ1v) is 8.83. The Labute approximate surface area is 157 Å². The van der Waals surface area contributed by atoms with Crippen LogP contribution in [0, 0.1) is 11.3 Å². The zero-order chi connectivity index (χ0) is 19.2. The minimum Gasteiger partial charge on any atom is -0.337 e. The number of aromatic nitrogens is 2. The van der Waals surface area contributed by atoms with Crippen molar-refractivity contribution >= 4 is 16.9 Å². The van der Waals surface area contributed by atoms with Crippen LogP contribution in [-0.2, 0) is 17.9 Å². The minimum atomic E-state index is -0.295. The predicted octanol–water partition coefficient (Wildman–Crippen LogP) is 2.71. The first kappa shape index (κ1) is 18.3. The SMILES string of the molecule is CCCN(Cc1ccc(C#N)cc1)C(=O)Cn1c(=O)cnc2ccccc21. The average molecular weight is 360 g/mol. The van der Waals surface area contributed by atoms with Crippen molar-refractivity contribution in [3.63, 3.8) is 0 Å². The van der Waals surface area contributed by atoms with Crippen LogP contribution < -0.4 is 5.56 Å². The molecular weight excluding hydrogens is 340 g/mol. The quantitative estimate of drug-likeness (QED) is 0.677. The van der Waals surface area contributed by atoms with Gasteiger partial charge in [0.2, 0.25) is 5.91 Å². The van der Waals surface area contributed by atoms with E-state index >= 15 is 0 Å². The second-order valence-electron chi connectivity index (χ2n) is 6.30. The monoisotopic (exact) mass is 360 g/mol. The number of carbonyl (C=O) groups is 1. The highest BCUT2D eigenvalue weighted by atomic mass is 16.2. The number of nitrogens with zero attached hydrogens (tertiary/aromatic N) is 4. The Morgan fingerprint density at radius 3 is 2.63 bits per heavy atom. The molecule has 0 aliphatic carbocycles. The number of amides is 1. The fourth-order valence-corrected chi connectivity index (χ4v) is 2.98. The Bertz CT molecular complexity index is 1050. The van der Waals surface area contributed by atoms with E-state index in [0.717, 1.165) is 12.0 Å². The summed E-state index contributed by atoms with van der Waals surface area (Å²) in [5.41, 5.74) is 2.56. The highest BCUT2D eigenvalue weighted by molar-refractivity contribution is 5.80. The van der Waals surface area contributed by atoms with E-state index < -0.39 is 0 Å². The third kappa shape index (κ3) is 4.21. The van der Waals surface area contributed by atoms with E-state index in [1.165, 1.54) is 10.8 Å². The van der Waals surface area contributed by atoms with Crippen molar-refractivity contribution in [1.29, 1.82) is 5.26 Å². The highest BCUT2D eigenvalue weighted by Gasteiger charge is 2.16. The maximum absolute atomic E-state index is 12.9. The number of para-hydroxylation sites is 2. The molecule has 0 unspecified atom stereocenters. The minimum absolute atomic E-state index is 0.0296. The van der Waals surface area contributed by atoms with Gasteiger partial charge in [-0.1, -0.05) is 31.2 Å². The lowest BCUT2D eigenvalue weighted by molar-refractivity contribution is -0.132. The molecule has 6 nitrogen and oxygen atoms in total. The Morgan fingerprint density at radius 2 is 1.93 bits per heavy atom. The molecule has 27 heavy (non-hydrogen) atoms. The number of hydrogen-bond donors (Lipinski definition) is 0. The van der Waals surface area contributed by atoms with Crippen molar-refractivity contribution in [2.75, 3.05) is 6.54 Å². The van der Waals surface area contributed by atoms with Crippen LogP contribution in [0.4, 0.5) is 0 Å². The second-order valence-corrected chi connectivity index (χ2v) is 6.30. The van der Waals surface area contributed by atoms with Gasteiger partial charge in [-0.15, -0.1) is 0 Å². The molecule has 0 fully saturated rings. The number of carbonyl (C=O) groups excluding carboxylic acids is 1.